The number of ether oxygens (including phenoxy) is 1. The van der Waals surface area contributed by atoms with E-state index in [0.29, 0.717) is 0 Å². The summed E-state index contributed by atoms with van der Waals surface area (Å²) in [5.74, 6) is -1.07. The van der Waals surface area contributed by atoms with Crippen molar-refractivity contribution in [2.24, 2.45) is 0 Å². The predicted octanol–water partition coefficient (Wildman–Crippen LogP) is 4.24. The smallest absolute Gasteiger partial charge is 0.377 e. The molecule has 0 fully saturated rings. The molecular formula is C18H40O6Si4. The molecule has 1 aliphatic rings. The summed E-state index contributed by atoms with van der Waals surface area (Å²) >= 11 is 0. The fourth-order valence-electron chi connectivity index (χ4n) is 3.94. The molecule has 2 atom stereocenters. The number of aliphatic hydroxyl groups is 2. The highest BCUT2D eigenvalue weighted by Gasteiger charge is 2.74. The van der Waals surface area contributed by atoms with Crippen molar-refractivity contribution in [2.45, 2.75) is 89.0 Å². The monoisotopic (exact) mass is 464 g/mol. The van der Waals surface area contributed by atoms with Crippen LogP contribution < -0.4 is 0 Å². The van der Waals surface area contributed by atoms with Crippen molar-refractivity contribution in [1.29, 1.82) is 0 Å². The summed E-state index contributed by atoms with van der Waals surface area (Å²) in [5.41, 5.74) is 0. The first-order valence-corrected chi connectivity index (χ1v) is 23.6. The molecule has 0 aromatic rings. The molecule has 2 N–H and O–H groups in total. The molecule has 6 nitrogen and oxygen atoms in total. The van der Waals surface area contributed by atoms with E-state index in [4.69, 9.17) is 13.6 Å². The van der Waals surface area contributed by atoms with Gasteiger partial charge >= 0.3 is 5.97 Å². The van der Waals surface area contributed by atoms with E-state index < -0.39 is 55.0 Å². The van der Waals surface area contributed by atoms with Crippen molar-refractivity contribution in [1.82, 2.24) is 0 Å². The topological polar surface area (TPSA) is 85.2 Å². The van der Waals surface area contributed by atoms with Crippen LogP contribution in [0.3, 0.4) is 0 Å². The molecule has 0 spiro atoms. The van der Waals surface area contributed by atoms with Crippen molar-refractivity contribution < 1.29 is 28.6 Å². The van der Waals surface area contributed by atoms with Crippen LogP contribution in [0.2, 0.25) is 78.6 Å². The minimum absolute atomic E-state index is 0.186. The van der Waals surface area contributed by atoms with E-state index >= 15 is 0 Å². The Morgan fingerprint density at radius 2 is 1.39 bits per heavy atom. The van der Waals surface area contributed by atoms with Gasteiger partial charge in [0.1, 0.15) is 13.3 Å². The van der Waals surface area contributed by atoms with Gasteiger partial charge in [0.05, 0.1) is 14.7 Å². The summed E-state index contributed by atoms with van der Waals surface area (Å²) in [6, 6.07) is 0. The second-order valence-electron chi connectivity index (χ2n) is 11.7. The average molecular weight is 465 g/mol. The van der Waals surface area contributed by atoms with Gasteiger partial charge in [0.2, 0.25) is 14.1 Å². The van der Waals surface area contributed by atoms with Crippen molar-refractivity contribution >= 4 is 38.8 Å². The van der Waals surface area contributed by atoms with Crippen LogP contribution in [-0.4, -0.2) is 66.0 Å². The molecule has 0 aromatic carbocycles. The van der Waals surface area contributed by atoms with Crippen LogP contribution in [0.25, 0.3) is 0 Å². The number of hydrogen-bond donors (Lipinski definition) is 2. The third-order valence-electron chi connectivity index (χ3n) is 4.92. The Morgan fingerprint density at radius 3 is 1.68 bits per heavy atom. The maximum absolute atomic E-state index is 12.7. The maximum Gasteiger partial charge on any atom is 0.377 e. The van der Waals surface area contributed by atoms with Gasteiger partial charge in [-0.1, -0.05) is 39.3 Å². The average Bonchev–Trinajstić information content (AvgIpc) is 2.66. The Labute approximate surface area is 174 Å². The molecule has 164 valence electrons. The minimum Gasteiger partial charge on any atom is -0.542 e. The number of aliphatic hydroxyl groups excluding tert-OH is 2. The Balaban J connectivity index is 4.05. The lowest BCUT2D eigenvalue weighted by Gasteiger charge is -2.59. The van der Waals surface area contributed by atoms with E-state index in [9.17, 15) is 15.0 Å². The van der Waals surface area contributed by atoms with Crippen molar-refractivity contribution in [3.05, 3.63) is 11.5 Å². The normalized spacial score (nSPS) is 24.2. The number of hydrogen-bond acceptors (Lipinski definition) is 6. The molecule has 0 saturated heterocycles. The number of esters is 1. The van der Waals surface area contributed by atoms with Gasteiger partial charge in [-0.2, -0.15) is 0 Å². The molecule has 10 heteroatoms. The summed E-state index contributed by atoms with van der Waals surface area (Å²) in [4.78, 5) is 12.7. The van der Waals surface area contributed by atoms with Gasteiger partial charge < -0.3 is 23.8 Å². The fraction of sp³-hybridized carbons (Fsp3) is 0.833. The number of carbonyl (C=O) groups is 1. The van der Waals surface area contributed by atoms with Crippen LogP contribution in [0.15, 0.2) is 11.5 Å². The first-order valence-electron chi connectivity index (χ1n) is 9.82. The molecule has 0 bridgehead atoms. The molecule has 1 rings (SSSR count). The minimum atomic E-state index is -2.48. The van der Waals surface area contributed by atoms with Gasteiger partial charge in [-0.15, -0.1) is 0 Å². The molecule has 0 aromatic heterocycles. The van der Waals surface area contributed by atoms with Gasteiger partial charge in [0.25, 0.3) is 0 Å². The molecule has 0 aliphatic carbocycles. The summed E-state index contributed by atoms with van der Waals surface area (Å²) in [6.45, 7) is 24.5. The molecular weight excluding hydrogens is 425 g/mol. The Morgan fingerprint density at radius 1 is 0.929 bits per heavy atom. The van der Waals surface area contributed by atoms with E-state index in [0.717, 1.165) is 0 Å². The zero-order valence-corrected chi connectivity index (χ0v) is 23.7. The largest absolute Gasteiger partial charge is 0.542 e. The Hall–Kier alpha value is -0.402. The van der Waals surface area contributed by atoms with Crippen LogP contribution in [0.1, 0.15) is 0 Å². The highest BCUT2D eigenvalue weighted by molar-refractivity contribution is 6.87. The summed E-state index contributed by atoms with van der Waals surface area (Å²) in [6.07, 6.45) is 0. The first-order chi connectivity index (χ1) is 12.2. The van der Waals surface area contributed by atoms with Crippen LogP contribution in [0.5, 0.6) is 0 Å². The molecule has 0 radical (unpaired) electrons. The SMILES string of the molecule is C[Si](C)(C)OC1=C(O)C(=O)O[C@@]1([C@](CO)(O[Si](C)(C)C)[Si](C)(C)C)[Si](C)(C)C. The lowest BCUT2D eigenvalue weighted by molar-refractivity contribution is -0.156. The lowest BCUT2D eigenvalue weighted by atomic mass is 10.1. The van der Waals surface area contributed by atoms with Crippen LogP contribution in [-0.2, 0) is 18.4 Å². The second-order valence-corrected chi connectivity index (χ2v) is 31.0. The first kappa shape index (κ1) is 25.6. The zero-order valence-electron chi connectivity index (χ0n) is 19.7. The standard InChI is InChI=1S/C18H40O6Si4/c1-25(2,3)17(13-19,24-28(10,11)12)18(26(4,5)6)15(23-27(7,8)9)14(20)16(21)22-18/h19-20H,13H2,1-12H3/t17-,18-/m1/s1. The van der Waals surface area contributed by atoms with Gasteiger partial charge in [-0.25, -0.2) is 4.79 Å². The Bertz CT molecular complexity index is 651. The molecule has 28 heavy (non-hydrogen) atoms. The predicted molar refractivity (Wildman–Crippen MR) is 124 cm³/mol. The third-order valence-corrected chi connectivity index (χ3v) is 13.0. The van der Waals surface area contributed by atoms with Crippen LogP contribution in [0, 0.1) is 0 Å². The molecule has 1 heterocycles. The van der Waals surface area contributed by atoms with Crippen molar-refractivity contribution in [3.8, 4) is 0 Å². The summed E-state index contributed by atoms with van der Waals surface area (Å²) < 4.78 is 19.2. The summed E-state index contributed by atoms with van der Waals surface area (Å²) in [7, 11) is -9.24. The fourth-order valence-corrected chi connectivity index (χ4v) is 14.9. The van der Waals surface area contributed by atoms with Crippen molar-refractivity contribution in [2.75, 3.05) is 6.61 Å². The molecule has 0 amide bonds. The van der Waals surface area contributed by atoms with Gasteiger partial charge in [0, 0.05) is 0 Å². The summed E-state index contributed by atoms with van der Waals surface area (Å²) in [5, 5.41) is 19.2. The highest BCUT2D eigenvalue weighted by Crippen LogP contribution is 2.53. The molecule has 0 saturated carbocycles. The molecule has 1 aliphatic heterocycles. The van der Waals surface area contributed by atoms with Gasteiger partial charge in [-0.3, -0.25) is 0 Å². The number of carbonyl (C=O) groups excluding carboxylic acids is 1. The van der Waals surface area contributed by atoms with E-state index in [1.807, 2.05) is 19.6 Å². The quantitative estimate of drug-likeness (QED) is 0.413. The number of rotatable bonds is 8. The van der Waals surface area contributed by atoms with Crippen LogP contribution in [0.4, 0.5) is 0 Å². The van der Waals surface area contributed by atoms with Gasteiger partial charge in [0.15, 0.2) is 19.3 Å². The van der Waals surface area contributed by atoms with E-state index in [1.54, 1.807) is 0 Å². The van der Waals surface area contributed by atoms with Crippen molar-refractivity contribution in [3.63, 3.8) is 0 Å². The van der Waals surface area contributed by atoms with Gasteiger partial charge in [-0.05, 0) is 39.3 Å². The zero-order chi connectivity index (χ0) is 22.6. The van der Waals surface area contributed by atoms with E-state index in [2.05, 4.69) is 58.9 Å². The van der Waals surface area contributed by atoms with E-state index in [-0.39, 0.29) is 12.4 Å². The van der Waals surface area contributed by atoms with Crippen LogP contribution >= 0.6 is 0 Å². The second kappa shape index (κ2) is 7.38. The third kappa shape index (κ3) is 4.36. The Kier molecular flexibility index (Phi) is 6.76. The number of cyclic esters (lactones) is 1. The van der Waals surface area contributed by atoms with E-state index in [1.165, 1.54) is 0 Å². The highest BCUT2D eigenvalue weighted by atomic mass is 28.4. The lowest BCUT2D eigenvalue weighted by Crippen LogP contribution is -2.80. The maximum atomic E-state index is 12.7. The molecule has 0 unspecified atom stereocenters.